The van der Waals surface area contributed by atoms with Crippen LogP contribution in [0.3, 0.4) is 0 Å². The highest BCUT2D eigenvalue weighted by atomic mass is 16.5. The number of aliphatic hydroxyl groups excluding tert-OH is 4. The predicted molar refractivity (Wildman–Crippen MR) is 466 cm³/mol. The number of hydrogen-bond donors (Lipinski definition) is 17. The first-order chi connectivity index (χ1) is 57.0. The first kappa shape index (κ1) is 106. The lowest BCUT2D eigenvalue weighted by Gasteiger charge is -2.13. The van der Waals surface area contributed by atoms with E-state index in [0.29, 0.717) is 68.9 Å². The van der Waals surface area contributed by atoms with Gasteiger partial charge in [-0.15, -0.1) is 0 Å². The normalized spacial score (nSPS) is 10.1. The molecule has 0 saturated carbocycles. The maximum atomic E-state index is 9.83. The number of ether oxygens (including phenoxy) is 8. The number of hydrogen-bond acceptors (Lipinski definition) is 25. The molecule has 0 radical (unpaired) electrons. The molecule has 0 spiro atoms. The summed E-state index contributed by atoms with van der Waals surface area (Å²) in [4.78, 5) is 0. The third-order valence-corrected chi connectivity index (χ3v) is 18.5. The van der Waals surface area contributed by atoms with Gasteiger partial charge in [0.2, 0.25) is 23.0 Å². The van der Waals surface area contributed by atoms with Crippen molar-refractivity contribution in [3.8, 4) is 121 Å². The van der Waals surface area contributed by atoms with Crippen molar-refractivity contribution >= 4 is 0 Å². The Morgan fingerprint density at radius 1 is 0.210 bits per heavy atom. The van der Waals surface area contributed by atoms with Crippen molar-refractivity contribution < 1.29 is 125 Å². The molecular weight excluding hydrogens is 1530 g/mol. The molecule has 0 fully saturated rings. The Morgan fingerprint density at radius 3 is 0.882 bits per heavy atom. The second-order valence-corrected chi connectivity index (χ2v) is 27.0. The molecule has 9 aromatic carbocycles. The minimum atomic E-state index is -0.430. The molecule has 9 aromatic rings. The topological polar surface area (TPSA) is 418 Å². The number of rotatable bonds is 30. The molecule has 25 heteroatoms. The van der Waals surface area contributed by atoms with Crippen LogP contribution < -0.4 is 37.9 Å². The van der Waals surface area contributed by atoms with Gasteiger partial charge in [-0.05, 0) is 169 Å². The zero-order valence-electron chi connectivity index (χ0n) is 72.9. The van der Waals surface area contributed by atoms with Crippen LogP contribution in [0.1, 0.15) is 198 Å². The molecule has 9 rings (SSSR count). The average Bonchev–Trinajstić information content (AvgIpc) is 0.839. The molecule has 0 aliphatic carbocycles. The van der Waals surface area contributed by atoms with Crippen molar-refractivity contribution in [2.45, 2.75) is 211 Å². The number of phenols is 13. The van der Waals surface area contributed by atoms with Gasteiger partial charge in [0.25, 0.3) is 0 Å². The molecule has 0 aliphatic heterocycles. The molecule has 0 heterocycles. The van der Waals surface area contributed by atoms with Crippen LogP contribution in [-0.2, 0) is 84.2 Å². The fraction of sp³-hybridized carbons (Fsp3) is 0.426. The first-order valence-electron chi connectivity index (χ1n) is 40.1. The smallest absolute Gasteiger partial charge is 0.203 e. The summed E-state index contributed by atoms with van der Waals surface area (Å²) in [6.45, 7) is 20.0. The summed E-state index contributed by atoms with van der Waals surface area (Å²) in [7, 11) is 12.2. The highest BCUT2D eigenvalue weighted by molar-refractivity contribution is 5.58. The van der Waals surface area contributed by atoms with Gasteiger partial charge < -0.3 is 125 Å². The lowest BCUT2D eigenvalue weighted by molar-refractivity contribution is 0.269. The number of phenolic OH excluding ortho intramolecular Hbond substituents is 11. The minimum absolute atomic E-state index is 0.0279. The van der Waals surface area contributed by atoms with E-state index in [4.69, 9.17) is 63.4 Å². The fourth-order valence-corrected chi connectivity index (χ4v) is 12.3. The van der Waals surface area contributed by atoms with E-state index in [-0.39, 0.29) is 95.4 Å². The van der Waals surface area contributed by atoms with E-state index >= 15 is 0 Å². The largest absolute Gasteiger partial charge is 0.508 e. The van der Waals surface area contributed by atoms with Crippen molar-refractivity contribution in [2.75, 3.05) is 56.9 Å². The van der Waals surface area contributed by atoms with E-state index < -0.39 is 5.75 Å². The standard InChI is InChI=1S/C12H18O2.3C11H16O3.3C10H14O3.C10H14O2.C9H12O3/c1-4-5-10-7-6-9(2)12(14-3)11(10)8-13;1-4-5-8-6-7-9(13-2)11(14-3)10(8)12;1-3-4-8-5-6-10(14-2)11(13)9(8)7-12;1-3-4-8-5-6-10(13)11(14-2)9(8)7-12;1-3-4-7-5-6-8(13-2)10(12)9(7)11;1-3-4-7-5-6-8(11)10(13-2)9(7)12;1-2-3-7-4-5-9(12)10(13)8(7)6-11;1-3-4-8-5-6-9(12-2)7-10(8)11;1-2-3-6-4-5-7(10)9(12)8(6)11/h6-7,13H,4-5,8H2,1-3H3;6-7,12H,4-5H2,1-3H3;2*5-6,12-13H,3-4,7H2,1-2H3;2*5-6,11-12H,3-4H2,1-2H3;4-5,11-13H,2-3,6H2,1H3;5-7,11H,3-4H2,1-2H3;4-5,10-12H,2-3H2,1H3. The summed E-state index contributed by atoms with van der Waals surface area (Å²) in [5.74, 6) is 2.90. The van der Waals surface area contributed by atoms with E-state index in [1.807, 2.05) is 77.1 Å². The monoisotopic (exact) mass is 1660 g/mol. The summed E-state index contributed by atoms with van der Waals surface area (Å²) in [5.41, 5.74) is 11.9. The average molecular weight is 1660 g/mol. The molecule has 119 heavy (non-hydrogen) atoms. The molecule has 0 bridgehead atoms. The summed E-state index contributed by atoms with van der Waals surface area (Å²) >= 11 is 0. The second kappa shape index (κ2) is 58.5. The molecule has 0 aliphatic rings. The van der Waals surface area contributed by atoms with Gasteiger partial charge in [-0.25, -0.2) is 0 Å². The number of aromatic hydroxyl groups is 13. The summed E-state index contributed by atoms with van der Waals surface area (Å²) < 4.78 is 40.1. The summed E-state index contributed by atoms with van der Waals surface area (Å²) in [6.07, 6.45) is 16.3. The predicted octanol–water partition coefficient (Wildman–Crippen LogP) is 18.3. The zero-order valence-corrected chi connectivity index (χ0v) is 72.9. The number of methoxy groups -OCH3 is 8. The van der Waals surface area contributed by atoms with Gasteiger partial charge in [-0.3, -0.25) is 0 Å². The van der Waals surface area contributed by atoms with Gasteiger partial charge >= 0.3 is 0 Å². The maximum Gasteiger partial charge on any atom is 0.203 e. The SMILES string of the molecule is CCCc1ccc(C)c(OC)c1CO.CCCc1ccc(O)c(O)c1CO.CCCc1ccc(O)c(O)c1O.CCCc1ccc(O)c(OC)c1CO.CCCc1ccc(O)c(OC)c1O.CCCc1ccc(OC)c(O)c1CO.CCCc1ccc(OC)c(O)c1O.CCCc1ccc(OC)c(OC)c1O.CCCc1ccc(OC)cc1O. The Labute approximate surface area is 703 Å². The molecule has 0 unspecified atom stereocenters. The van der Waals surface area contributed by atoms with Crippen molar-refractivity contribution in [1.82, 2.24) is 0 Å². The molecular formula is C94H134O25. The van der Waals surface area contributed by atoms with Gasteiger partial charge in [0.15, 0.2) is 80.5 Å². The lowest BCUT2D eigenvalue weighted by atomic mass is 10.00. The van der Waals surface area contributed by atoms with Crippen LogP contribution in [0, 0.1) is 6.92 Å². The van der Waals surface area contributed by atoms with Crippen LogP contribution in [0.5, 0.6) is 121 Å². The Hall–Kier alpha value is -11.4. The van der Waals surface area contributed by atoms with Crippen LogP contribution >= 0.6 is 0 Å². The van der Waals surface area contributed by atoms with Crippen LogP contribution in [0.4, 0.5) is 0 Å². The van der Waals surface area contributed by atoms with E-state index in [1.165, 1.54) is 59.3 Å². The van der Waals surface area contributed by atoms with Crippen LogP contribution in [-0.4, -0.2) is 144 Å². The molecule has 0 saturated heterocycles. The Kier molecular flexibility index (Phi) is 51.9. The van der Waals surface area contributed by atoms with Gasteiger partial charge in [0, 0.05) is 28.3 Å². The highest BCUT2D eigenvalue weighted by Gasteiger charge is 2.19. The van der Waals surface area contributed by atoms with E-state index in [9.17, 15) is 61.3 Å². The third-order valence-electron chi connectivity index (χ3n) is 18.5. The number of benzene rings is 9. The molecule has 660 valence electrons. The van der Waals surface area contributed by atoms with Crippen molar-refractivity contribution in [2.24, 2.45) is 0 Å². The van der Waals surface area contributed by atoms with E-state index in [2.05, 4.69) is 40.7 Å². The molecule has 0 aromatic heterocycles. The summed E-state index contributed by atoms with van der Waals surface area (Å²) in [5, 5.41) is 159. The number of aliphatic hydroxyl groups is 4. The zero-order chi connectivity index (χ0) is 89.9. The van der Waals surface area contributed by atoms with Crippen molar-refractivity contribution in [3.05, 3.63) is 193 Å². The molecule has 17 N–H and O–H groups in total. The van der Waals surface area contributed by atoms with Crippen molar-refractivity contribution in [3.63, 3.8) is 0 Å². The van der Waals surface area contributed by atoms with Gasteiger partial charge in [0.1, 0.15) is 17.2 Å². The molecule has 0 amide bonds. The van der Waals surface area contributed by atoms with Gasteiger partial charge in [-0.1, -0.05) is 181 Å². The second-order valence-electron chi connectivity index (χ2n) is 27.0. The lowest BCUT2D eigenvalue weighted by Crippen LogP contribution is -2.00. The Bertz CT molecular complexity index is 4340. The Balaban J connectivity index is 0.000000670. The van der Waals surface area contributed by atoms with Gasteiger partial charge in [-0.2, -0.15) is 0 Å². The Morgan fingerprint density at radius 2 is 0.496 bits per heavy atom. The van der Waals surface area contributed by atoms with Crippen LogP contribution in [0.25, 0.3) is 0 Å². The van der Waals surface area contributed by atoms with E-state index in [1.54, 1.807) is 69.9 Å². The number of aryl methyl sites for hydroxylation is 10. The van der Waals surface area contributed by atoms with E-state index in [0.717, 1.165) is 165 Å². The molecule has 25 nitrogen and oxygen atoms in total. The maximum absolute atomic E-state index is 9.83. The molecule has 0 atom stereocenters. The van der Waals surface area contributed by atoms with Crippen LogP contribution in [0.15, 0.2) is 115 Å². The minimum Gasteiger partial charge on any atom is -0.508 e. The van der Waals surface area contributed by atoms with Crippen LogP contribution in [0.2, 0.25) is 0 Å². The highest BCUT2D eigenvalue weighted by Crippen LogP contribution is 2.43. The summed E-state index contributed by atoms with van der Waals surface area (Å²) in [6, 6.07) is 33.0. The fourth-order valence-electron chi connectivity index (χ4n) is 12.3. The van der Waals surface area contributed by atoms with Gasteiger partial charge in [0.05, 0.1) is 83.3 Å². The quantitative estimate of drug-likeness (QED) is 0.0186. The third kappa shape index (κ3) is 32.8. The first-order valence-corrected chi connectivity index (χ1v) is 40.1. The van der Waals surface area contributed by atoms with Crippen molar-refractivity contribution in [1.29, 1.82) is 0 Å².